The van der Waals surface area contributed by atoms with Gasteiger partial charge in [0.2, 0.25) is 5.78 Å². The Bertz CT molecular complexity index is 1260. The molecule has 0 saturated heterocycles. The number of rotatable bonds is 4. The van der Waals surface area contributed by atoms with Crippen LogP contribution in [-0.4, -0.2) is 26.6 Å². The summed E-state index contributed by atoms with van der Waals surface area (Å²) in [6.45, 7) is 12.7. The smallest absolute Gasteiger partial charge is 0.235 e. The predicted octanol–water partition coefficient (Wildman–Crippen LogP) is 6.45. The van der Waals surface area contributed by atoms with E-state index in [-0.39, 0.29) is 10.8 Å². The lowest BCUT2D eigenvalue weighted by molar-refractivity contribution is 0.415. The number of fused-ring (bicyclic) bond motifs is 1. The van der Waals surface area contributed by atoms with E-state index < -0.39 is 0 Å². The highest BCUT2D eigenvalue weighted by atomic mass is 16.5. The fourth-order valence-electron chi connectivity index (χ4n) is 3.93. The van der Waals surface area contributed by atoms with E-state index in [1.54, 1.807) is 13.3 Å². The molecular formula is C27H32N4O2. The van der Waals surface area contributed by atoms with Crippen molar-refractivity contribution in [2.45, 2.75) is 52.4 Å². The topological polar surface area (TPSA) is 71.7 Å². The fraction of sp³-hybridized carbons (Fsp3) is 0.333. The van der Waals surface area contributed by atoms with Gasteiger partial charge in [-0.15, -0.1) is 0 Å². The Morgan fingerprint density at radius 3 is 2.09 bits per heavy atom. The lowest BCUT2D eigenvalue weighted by Gasteiger charge is -2.28. The molecule has 0 unspecified atom stereocenters. The zero-order valence-electron chi connectivity index (χ0n) is 20.4. The zero-order chi connectivity index (χ0) is 24.0. The molecule has 172 valence electrons. The van der Waals surface area contributed by atoms with E-state index in [9.17, 15) is 5.11 Å². The molecule has 4 aromatic rings. The number of benzene rings is 2. The number of aromatic hydroxyl groups is 1. The van der Waals surface area contributed by atoms with E-state index in [0.717, 1.165) is 39.6 Å². The lowest BCUT2D eigenvalue weighted by Crippen LogP contribution is -2.17. The van der Waals surface area contributed by atoms with Crippen LogP contribution in [0.25, 0.3) is 17.0 Å². The van der Waals surface area contributed by atoms with Gasteiger partial charge in [0.15, 0.2) is 0 Å². The number of phenolic OH excluding ortho intramolecular Hbond substituents is 1. The van der Waals surface area contributed by atoms with Crippen LogP contribution in [0.2, 0.25) is 0 Å². The molecule has 2 N–H and O–H groups in total. The van der Waals surface area contributed by atoms with Crippen molar-refractivity contribution in [2.24, 2.45) is 0 Å². The van der Waals surface area contributed by atoms with Crippen LogP contribution in [0.4, 0.5) is 11.5 Å². The van der Waals surface area contributed by atoms with Crippen LogP contribution in [-0.2, 0) is 10.8 Å². The third-order valence-corrected chi connectivity index (χ3v) is 5.76. The molecule has 0 amide bonds. The summed E-state index contributed by atoms with van der Waals surface area (Å²) < 4.78 is 7.23. The summed E-state index contributed by atoms with van der Waals surface area (Å²) in [5, 5.41) is 14.7. The van der Waals surface area contributed by atoms with Gasteiger partial charge >= 0.3 is 0 Å². The van der Waals surface area contributed by atoms with Crippen molar-refractivity contribution in [3.8, 4) is 22.8 Å². The average molecular weight is 445 g/mol. The van der Waals surface area contributed by atoms with Gasteiger partial charge in [-0.05, 0) is 53.3 Å². The number of phenols is 1. The normalized spacial score (nSPS) is 12.2. The molecule has 2 aromatic heterocycles. The Morgan fingerprint density at radius 1 is 0.939 bits per heavy atom. The first-order chi connectivity index (χ1) is 15.5. The molecular weight excluding hydrogens is 412 g/mol. The number of nitrogens with zero attached hydrogens (tertiary/aromatic N) is 3. The van der Waals surface area contributed by atoms with Gasteiger partial charge in [-0.2, -0.15) is 0 Å². The number of hydrogen-bond acceptors (Lipinski definition) is 5. The van der Waals surface area contributed by atoms with Crippen molar-refractivity contribution in [1.82, 2.24) is 14.4 Å². The van der Waals surface area contributed by atoms with Gasteiger partial charge in [0, 0.05) is 34.8 Å². The van der Waals surface area contributed by atoms with E-state index in [1.165, 1.54) is 0 Å². The fourth-order valence-corrected chi connectivity index (χ4v) is 3.93. The highest BCUT2D eigenvalue weighted by Crippen LogP contribution is 2.43. The first-order valence-corrected chi connectivity index (χ1v) is 11.1. The zero-order valence-corrected chi connectivity index (χ0v) is 20.4. The van der Waals surface area contributed by atoms with E-state index in [2.05, 4.69) is 51.8 Å². The van der Waals surface area contributed by atoms with Gasteiger partial charge in [-0.1, -0.05) is 41.5 Å². The van der Waals surface area contributed by atoms with Crippen molar-refractivity contribution in [2.75, 3.05) is 12.4 Å². The minimum absolute atomic E-state index is 0.235. The van der Waals surface area contributed by atoms with Crippen molar-refractivity contribution in [3.05, 3.63) is 66.0 Å². The Kier molecular flexibility index (Phi) is 5.56. The third-order valence-electron chi connectivity index (χ3n) is 5.76. The van der Waals surface area contributed by atoms with Gasteiger partial charge in [-0.25, -0.2) is 9.97 Å². The molecule has 0 spiro atoms. The molecule has 0 aliphatic heterocycles. The molecule has 0 radical (unpaired) electrons. The van der Waals surface area contributed by atoms with Crippen molar-refractivity contribution in [3.63, 3.8) is 0 Å². The first-order valence-electron chi connectivity index (χ1n) is 11.1. The summed E-state index contributed by atoms with van der Waals surface area (Å²) in [7, 11) is 1.65. The second-order valence-electron chi connectivity index (χ2n) is 10.4. The number of imidazole rings is 1. The van der Waals surface area contributed by atoms with Crippen molar-refractivity contribution >= 4 is 17.3 Å². The Morgan fingerprint density at radius 2 is 1.55 bits per heavy atom. The van der Waals surface area contributed by atoms with E-state index in [0.29, 0.717) is 11.5 Å². The molecule has 0 bridgehead atoms. The molecule has 0 atom stereocenters. The van der Waals surface area contributed by atoms with Crippen molar-refractivity contribution < 1.29 is 9.84 Å². The van der Waals surface area contributed by atoms with Crippen LogP contribution in [0.5, 0.6) is 11.5 Å². The first kappa shape index (κ1) is 22.6. The molecule has 6 heteroatoms. The predicted molar refractivity (Wildman–Crippen MR) is 134 cm³/mol. The maximum atomic E-state index is 11.2. The summed E-state index contributed by atoms with van der Waals surface area (Å²) in [6, 6.07) is 13.7. The maximum absolute atomic E-state index is 11.2. The summed E-state index contributed by atoms with van der Waals surface area (Å²) in [6.07, 6.45) is 3.68. The largest absolute Gasteiger partial charge is 0.507 e. The second-order valence-corrected chi connectivity index (χ2v) is 10.4. The number of hydrogen-bond donors (Lipinski definition) is 2. The summed E-state index contributed by atoms with van der Waals surface area (Å²) in [4.78, 5) is 9.33. The Hall–Kier alpha value is -3.54. The Balaban J connectivity index is 1.95. The van der Waals surface area contributed by atoms with Gasteiger partial charge in [0.25, 0.3) is 0 Å². The third kappa shape index (κ3) is 4.38. The molecule has 0 fully saturated rings. The number of ether oxygens (including phenoxy) is 1. The Labute approximate surface area is 195 Å². The average Bonchev–Trinajstić information content (AvgIpc) is 3.11. The van der Waals surface area contributed by atoms with Crippen LogP contribution < -0.4 is 10.1 Å². The van der Waals surface area contributed by atoms with Crippen LogP contribution in [0.3, 0.4) is 0 Å². The number of methoxy groups -OCH3 is 1. The standard InChI is InChI=1S/C27H32N4O2/c1-26(2,3)20-15-17(16-21(23(20)32)27(4,5)6)22-24(31-14-8-13-28-25(31)30-22)29-18-9-11-19(33-7)12-10-18/h8-16,29,32H,1-7H3. The van der Waals surface area contributed by atoms with Gasteiger partial charge in [0.1, 0.15) is 23.0 Å². The van der Waals surface area contributed by atoms with Gasteiger partial charge < -0.3 is 15.2 Å². The molecule has 0 saturated carbocycles. The summed E-state index contributed by atoms with van der Waals surface area (Å²) in [5.74, 6) is 2.56. The molecule has 6 nitrogen and oxygen atoms in total. The quantitative estimate of drug-likeness (QED) is 0.378. The highest BCUT2D eigenvalue weighted by Gasteiger charge is 2.28. The van der Waals surface area contributed by atoms with Crippen LogP contribution in [0.1, 0.15) is 52.7 Å². The highest BCUT2D eigenvalue weighted by molar-refractivity contribution is 5.80. The molecule has 2 heterocycles. The molecule has 2 aromatic carbocycles. The number of nitrogens with one attached hydrogen (secondary N) is 1. The summed E-state index contributed by atoms with van der Waals surface area (Å²) in [5.41, 5.74) is 3.94. The van der Waals surface area contributed by atoms with E-state index >= 15 is 0 Å². The SMILES string of the molecule is COc1ccc(Nc2c(-c3cc(C(C)(C)C)c(O)c(C(C)(C)C)c3)nc3ncccn23)cc1. The number of aromatic nitrogens is 3. The molecule has 0 aliphatic rings. The molecule has 4 rings (SSSR count). The number of anilines is 2. The van der Waals surface area contributed by atoms with Crippen LogP contribution in [0, 0.1) is 0 Å². The molecule has 33 heavy (non-hydrogen) atoms. The van der Waals surface area contributed by atoms with Gasteiger partial charge in [-0.3, -0.25) is 4.40 Å². The van der Waals surface area contributed by atoms with Crippen molar-refractivity contribution in [1.29, 1.82) is 0 Å². The second kappa shape index (κ2) is 8.10. The molecule has 0 aliphatic carbocycles. The van der Waals surface area contributed by atoms with Crippen LogP contribution >= 0.6 is 0 Å². The van der Waals surface area contributed by atoms with E-state index in [4.69, 9.17) is 9.72 Å². The minimum Gasteiger partial charge on any atom is -0.507 e. The lowest BCUT2D eigenvalue weighted by atomic mass is 9.78. The summed E-state index contributed by atoms with van der Waals surface area (Å²) >= 11 is 0. The maximum Gasteiger partial charge on any atom is 0.235 e. The van der Waals surface area contributed by atoms with Crippen LogP contribution in [0.15, 0.2) is 54.9 Å². The minimum atomic E-state index is -0.235. The van der Waals surface area contributed by atoms with E-state index in [1.807, 2.05) is 53.1 Å². The van der Waals surface area contributed by atoms with Gasteiger partial charge in [0.05, 0.1) is 7.11 Å². The monoisotopic (exact) mass is 444 g/mol.